The summed E-state index contributed by atoms with van der Waals surface area (Å²) < 4.78 is 10.9. The summed E-state index contributed by atoms with van der Waals surface area (Å²) in [7, 11) is 1.75. The second kappa shape index (κ2) is 9.18. The van der Waals surface area contributed by atoms with Crippen LogP contribution in [0.5, 0.6) is 0 Å². The van der Waals surface area contributed by atoms with Gasteiger partial charge in [0.2, 0.25) is 0 Å². The van der Waals surface area contributed by atoms with E-state index in [4.69, 9.17) is 9.47 Å². The molecule has 1 rings (SSSR count). The molecule has 108 valence electrons. The first kappa shape index (κ1) is 16.3. The number of rotatable bonds is 10. The molecule has 3 nitrogen and oxygen atoms in total. The highest BCUT2D eigenvalue weighted by molar-refractivity contribution is 7.99. The van der Waals surface area contributed by atoms with Crippen molar-refractivity contribution in [3.8, 4) is 0 Å². The van der Waals surface area contributed by atoms with Crippen molar-refractivity contribution in [1.29, 1.82) is 0 Å². The third-order valence-corrected chi connectivity index (χ3v) is 4.94. The lowest BCUT2D eigenvalue weighted by molar-refractivity contribution is 0.0571. The Balaban J connectivity index is 2.33. The van der Waals surface area contributed by atoms with Crippen LogP contribution in [0.15, 0.2) is 0 Å². The molecular formula is C14H29NO2S. The maximum atomic E-state index is 5.80. The molecule has 1 heterocycles. The molecule has 0 aliphatic carbocycles. The maximum absolute atomic E-state index is 5.80. The highest BCUT2D eigenvalue weighted by Crippen LogP contribution is 2.39. The van der Waals surface area contributed by atoms with E-state index in [1.807, 2.05) is 11.8 Å². The normalized spacial score (nSPS) is 27.8. The number of nitrogens with one attached hydrogen (secondary N) is 1. The fourth-order valence-electron chi connectivity index (χ4n) is 2.65. The van der Waals surface area contributed by atoms with E-state index in [1.165, 1.54) is 30.8 Å². The number of thioether (sulfide) groups is 1. The number of methoxy groups -OCH3 is 1. The van der Waals surface area contributed by atoms with Gasteiger partial charge in [-0.25, -0.2) is 0 Å². The lowest BCUT2D eigenvalue weighted by atomic mass is 9.77. The standard InChI is InChI=1S/C14H29NO2S/c1-4-18-11-5-6-14(7-9-17-13(14)2)12-15-8-10-16-3/h13,15H,4-12H2,1-3H3. The summed E-state index contributed by atoms with van der Waals surface area (Å²) in [5.74, 6) is 2.51. The molecule has 0 bridgehead atoms. The van der Waals surface area contributed by atoms with E-state index in [2.05, 4.69) is 19.2 Å². The first-order valence-electron chi connectivity index (χ1n) is 7.14. The molecule has 2 unspecified atom stereocenters. The average Bonchev–Trinajstić information content (AvgIpc) is 2.73. The van der Waals surface area contributed by atoms with Crippen LogP contribution in [-0.2, 0) is 9.47 Å². The molecule has 1 fully saturated rings. The van der Waals surface area contributed by atoms with Crippen molar-refractivity contribution in [3.05, 3.63) is 0 Å². The average molecular weight is 275 g/mol. The summed E-state index contributed by atoms with van der Waals surface area (Å²) in [6.45, 7) is 8.18. The summed E-state index contributed by atoms with van der Waals surface area (Å²) >= 11 is 2.04. The lowest BCUT2D eigenvalue weighted by Crippen LogP contribution is -2.40. The third-order valence-electron chi connectivity index (χ3n) is 3.96. The van der Waals surface area contributed by atoms with Gasteiger partial charge in [-0.3, -0.25) is 0 Å². The summed E-state index contributed by atoms with van der Waals surface area (Å²) in [6, 6.07) is 0. The minimum absolute atomic E-state index is 0.349. The lowest BCUT2D eigenvalue weighted by Gasteiger charge is -2.32. The van der Waals surface area contributed by atoms with Crippen molar-refractivity contribution in [2.45, 2.75) is 39.2 Å². The third kappa shape index (κ3) is 5.08. The van der Waals surface area contributed by atoms with Crippen LogP contribution in [0, 0.1) is 5.41 Å². The Morgan fingerprint density at radius 2 is 2.33 bits per heavy atom. The van der Waals surface area contributed by atoms with Gasteiger partial charge in [0.15, 0.2) is 0 Å². The van der Waals surface area contributed by atoms with Crippen LogP contribution >= 0.6 is 11.8 Å². The Morgan fingerprint density at radius 1 is 1.50 bits per heavy atom. The highest BCUT2D eigenvalue weighted by atomic mass is 32.2. The minimum atomic E-state index is 0.349. The molecule has 0 aromatic rings. The van der Waals surface area contributed by atoms with E-state index >= 15 is 0 Å². The zero-order valence-corrected chi connectivity index (χ0v) is 13.0. The van der Waals surface area contributed by atoms with Gasteiger partial charge < -0.3 is 14.8 Å². The summed E-state index contributed by atoms with van der Waals surface area (Å²) in [5.41, 5.74) is 0.349. The Bertz CT molecular complexity index is 202. The molecule has 0 radical (unpaired) electrons. The van der Waals surface area contributed by atoms with E-state index in [0.717, 1.165) is 26.3 Å². The van der Waals surface area contributed by atoms with Crippen molar-refractivity contribution >= 4 is 11.8 Å². The quantitative estimate of drug-likeness (QED) is 0.621. The van der Waals surface area contributed by atoms with Crippen LogP contribution in [0.25, 0.3) is 0 Å². The van der Waals surface area contributed by atoms with E-state index in [0.29, 0.717) is 11.5 Å². The fraction of sp³-hybridized carbons (Fsp3) is 1.00. The summed E-state index contributed by atoms with van der Waals surface area (Å²) in [5, 5.41) is 3.53. The zero-order chi connectivity index (χ0) is 13.3. The monoisotopic (exact) mass is 275 g/mol. The highest BCUT2D eigenvalue weighted by Gasteiger charge is 2.40. The second-order valence-corrected chi connectivity index (χ2v) is 6.49. The van der Waals surface area contributed by atoms with Gasteiger partial charge >= 0.3 is 0 Å². The van der Waals surface area contributed by atoms with Gasteiger partial charge in [-0.05, 0) is 37.7 Å². The molecule has 4 heteroatoms. The Kier molecular flexibility index (Phi) is 8.31. The van der Waals surface area contributed by atoms with Gasteiger partial charge in [-0.15, -0.1) is 0 Å². The van der Waals surface area contributed by atoms with Crippen LogP contribution in [0.4, 0.5) is 0 Å². The van der Waals surface area contributed by atoms with Crippen LogP contribution < -0.4 is 5.32 Å². The second-order valence-electron chi connectivity index (χ2n) is 5.10. The summed E-state index contributed by atoms with van der Waals surface area (Å²) in [6.07, 6.45) is 4.17. The van der Waals surface area contributed by atoms with Crippen LogP contribution in [0.1, 0.15) is 33.1 Å². The van der Waals surface area contributed by atoms with Crippen molar-refractivity contribution < 1.29 is 9.47 Å². The van der Waals surface area contributed by atoms with Gasteiger partial charge in [0.25, 0.3) is 0 Å². The molecular weight excluding hydrogens is 246 g/mol. The first-order valence-corrected chi connectivity index (χ1v) is 8.29. The van der Waals surface area contributed by atoms with Crippen molar-refractivity contribution in [1.82, 2.24) is 5.32 Å². The van der Waals surface area contributed by atoms with Crippen molar-refractivity contribution in [2.75, 3.05) is 44.9 Å². The maximum Gasteiger partial charge on any atom is 0.0616 e. The van der Waals surface area contributed by atoms with E-state index in [1.54, 1.807) is 7.11 Å². The molecule has 0 aromatic heterocycles. The van der Waals surface area contributed by atoms with Gasteiger partial charge in [0.05, 0.1) is 12.7 Å². The molecule has 1 N–H and O–H groups in total. The van der Waals surface area contributed by atoms with E-state index in [-0.39, 0.29) is 0 Å². The molecule has 18 heavy (non-hydrogen) atoms. The molecule has 1 aliphatic heterocycles. The molecule has 0 amide bonds. The molecule has 1 aliphatic rings. The topological polar surface area (TPSA) is 30.5 Å². The zero-order valence-electron chi connectivity index (χ0n) is 12.2. The molecule has 2 atom stereocenters. The van der Waals surface area contributed by atoms with E-state index in [9.17, 15) is 0 Å². The molecule has 1 saturated heterocycles. The molecule has 0 saturated carbocycles. The van der Waals surface area contributed by atoms with Crippen molar-refractivity contribution in [3.63, 3.8) is 0 Å². The number of hydrogen-bond donors (Lipinski definition) is 1. The van der Waals surface area contributed by atoms with Gasteiger partial charge in [-0.2, -0.15) is 11.8 Å². The smallest absolute Gasteiger partial charge is 0.0616 e. The largest absolute Gasteiger partial charge is 0.383 e. The summed E-state index contributed by atoms with van der Waals surface area (Å²) in [4.78, 5) is 0. The van der Waals surface area contributed by atoms with Crippen LogP contribution in [0.3, 0.4) is 0 Å². The van der Waals surface area contributed by atoms with E-state index < -0.39 is 0 Å². The Labute approximate surface area is 116 Å². The predicted molar refractivity (Wildman–Crippen MR) is 79.4 cm³/mol. The molecule has 0 aromatic carbocycles. The molecule has 0 spiro atoms. The van der Waals surface area contributed by atoms with Gasteiger partial charge in [0.1, 0.15) is 0 Å². The SMILES string of the molecule is CCSCCCC1(CNCCOC)CCOC1C. The predicted octanol–water partition coefficient (Wildman–Crippen LogP) is 2.55. The Morgan fingerprint density at radius 3 is 2.94 bits per heavy atom. The fourth-order valence-corrected chi connectivity index (χ4v) is 3.29. The van der Waals surface area contributed by atoms with Gasteiger partial charge in [0, 0.05) is 32.2 Å². The van der Waals surface area contributed by atoms with Crippen LogP contribution in [-0.4, -0.2) is 51.0 Å². The van der Waals surface area contributed by atoms with Gasteiger partial charge in [-0.1, -0.05) is 6.92 Å². The minimum Gasteiger partial charge on any atom is -0.383 e. The Hall–Kier alpha value is 0.230. The van der Waals surface area contributed by atoms with Crippen LogP contribution in [0.2, 0.25) is 0 Å². The number of hydrogen-bond acceptors (Lipinski definition) is 4. The first-order chi connectivity index (χ1) is 8.75. The number of ether oxygens (including phenoxy) is 2. The van der Waals surface area contributed by atoms with Crippen molar-refractivity contribution in [2.24, 2.45) is 5.41 Å².